The van der Waals surface area contributed by atoms with Crippen LogP contribution >= 0.6 is 0 Å². The maximum absolute atomic E-state index is 10.3. The molecule has 0 bridgehead atoms. The first-order valence-electron chi connectivity index (χ1n) is 6.53. The van der Waals surface area contributed by atoms with E-state index < -0.39 is 0 Å². The van der Waals surface area contributed by atoms with E-state index in [0.717, 1.165) is 5.56 Å². The second-order valence-corrected chi connectivity index (χ2v) is 5.06. The molecule has 20 heavy (non-hydrogen) atoms. The van der Waals surface area contributed by atoms with E-state index >= 15 is 0 Å². The number of primary amides is 1. The molecule has 3 heteroatoms. The summed E-state index contributed by atoms with van der Waals surface area (Å²) in [5.41, 5.74) is 13.3. The van der Waals surface area contributed by atoms with Crippen LogP contribution < -0.4 is 5.73 Å². The fourth-order valence-corrected chi connectivity index (χ4v) is 2.14. The third-order valence-corrected chi connectivity index (χ3v) is 3.92. The molecule has 0 aliphatic carbocycles. The monoisotopic (exact) mass is 313 g/mol. The van der Waals surface area contributed by atoms with Gasteiger partial charge in [0.1, 0.15) is 0 Å². The Morgan fingerprint density at radius 3 is 1.70 bits per heavy atom. The summed E-state index contributed by atoms with van der Waals surface area (Å²) in [7, 11) is 0. The van der Waals surface area contributed by atoms with E-state index in [1.54, 1.807) is 0 Å². The van der Waals surface area contributed by atoms with Crippen LogP contribution in [-0.4, -0.2) is 5.91 Å². The van der Waals surface area contributed by atoms with E-state index in [9.17, 15) is 4.79 Å². The summed E-state index contributed by atoms with van der Waals surface area (Å²) in [6, 6.07) is 7.53. The van der Waals surface area contributed by atoms with Gasteiger partial charge in [0.2, 0.25) is 0 Å². The zero-order valence-corrected chi connectivity index (χ0v) is 14.0. The SMILES string of the molecule is Cc1c(C)c(C)[c-](C)c1C.NC(=O)C[c-]1[cH-][cH-][cH-][cH-]1.[Fe]. The van der Waals surface area contributed by atoms with E-state index in [2.05, 4.69) is 34.6 Å². The third-order valence-electron chi connectivity index (χ3n) is 3.92. The molecule has 0 spiro atoms. The van der Waals surface area contributed by atoms with Gasteiger partial charge in [0.05, 0.1) is 0 Å². The fourth-order valence-electron chi connectivity index (χ4n) is 2.14. The van der Waals surface area contributed by atoms with Crippen LogP contribution in [0.1, 0.15) is 33.4 Å². The van der Waals surface area contributed by atoms with Crippen LogP contribution in [0, 0.1) is 34.6 Å². The third kappa shape index (κ3) is 4.66. The van der Waals surface area contributed by atoms with Crippen LogP contribution in [0.2, 0.25) is 0 Å². The predicted octanol–water partition coefficient (Wildman–Crippen LogP) is 3.38. The van der Waals surface area contributed by atoms with E-state index in [0.29, 0.717) is 6.42 Å². The van der Waals surface area contributed by atoms with Crippen molar-refractivity contribution in [3.63, 3.8) is 0 Å². The van der Waals surface area contributed by atoms with Crippen LogP contribution in [-0.2, 0) is 28.3 Å². The summed E-state index contributed by atoms with van der Waals surface area (Å²) in [5.74, 6) is -0.277. The normalized spacial score (nSPS) is 9.45. The zero-order valence-electron chi connectivity index (χ0n) is 12.9. The van der Waals surface area contributed by atoms with Gasteiger partial charge >= 0.3 is 0 Å². The first-order chi connectivity index (χ1) is 8.84. The van der Waals surface area contributed by atoms with Crippen molar-refractivity contribution < 1.29 is 21.9 Å². The van der Waals surface area contributed by atoms with Gasteiger partial charge in [0.25, 0.3) is 0 Å². The molecule has 2 aromatic rings. The molecule has 0 saturated carbocycles. The Labute approximate surface area is 132 Å². The van der Waals surface area contributed by atoms with Gasteiger partial charge < -0.3 is 35.6 Å². The van der Waals surface area contributed by atoms with Gasteiger partial charge in [-0.1, -0.05) is 34.6 Å². The van der Waals surface area contributed by atoms with Gasteiger partial charge in [0, 0.05) is 17.1 Å². The molecular weight excluding hydrogens is 290 g/mol. The average molecular weight is 313 g/mol. The standard InChI is InChI=1S/C10H15.C7H8NO.Fe/c1-6-7(2)9(4)10(5)8(6)3;8-7(9)5-6-3-1-2-4-6;/h1-5H3;1-4H,5H2,(H2,8,9);/q-1;-5;. The van der Waals surface area contributed by atoms with Crippen molar-refractivity contribution in [1.29, 1.82) is 0 Å². The minimum atomic E-state index is -0.277. The molecule has 0 unspecified atom stereocenters. The maximum atomic E-state index is 10.3. The number of nitrogens with two attached hydrogens (primary N) is 1. The van der Waals surface area contributed by atoms with Crippen molar-refractivity contribution in [3.05, 3.63) is 57.6 Å². The molecule has 1 amide bonds. The summed E-state index contributed by atoms with van der Waals surface area (Å²) < 4.78 is 0. The number of hydrogen-bond donors (Lipinski definition) is 1. The number of carbonyl (C=O) groups is 1. The maximum Gasteiger partial charge on any atom is 0.186 e. The van der Waals surface area contributed by atoms with Crippen LogP contribution in [0.25, 0.3) is 0 Å². The number of amides is 1. The first kappa shape index (κ1) is 18.7. The Bertz CT molecular complexity index is 470. The van der Waals surface area contributed by atoms with Crippen molar-refractivity contribution in [2.45, 2.75) is 41.0 Å². The molecule has 2 N–H and O–H groups in total. The molecule has 0 saturated heterocycles. The Morgan fingerprint density at radius 1 is 1.05 bits per heavy atom. The quantitative estimate of drug-likeness (QED) is 0.670. The second-order valence-electron chi connectivity index (χ2n) is 5.06. The van der Waals surface area contributed by atoms with Crippen LogP contribution in [0.15, 0.2) is 24.3 Å². The molecule has 2 nitrogen and oxygen atoms in total. The van der Waals surface area contributed by atoms with E-state index in [-0.39, 0.29) is 23.0 Å². The molecule has 0 radical (unpaired) electrons. The minimum Gasteiger partial charge on any atom is -0.748 e. The first-order valence-corrected chi connectivity index (χ1v) is 6.53. The topological polar surface area (TPSA) is 43.1 Å². The van der Waals surface area contributed by atoms with Crippen LogP contribution in [0.3, 0.4) is 0 Å². The van der Waals surface area contributed by atoms with Crippen molar-refractivity contribution in [3.8, 4) is 0 Å². The Morgan fingerprint density at radius 2 is 1.45 bits per heavy atom. The van der Waals surface area contributed by atoms with Crippen LogP contribution in [0.4, 0.5) is 0 Å². The predicted molar refractivity (Wildman–Crippen MR) is 80.7 cm³/mol. The molecule has 0 aliphatic rings. The molecule has 0 aliphatic heterocycles. The Kier molecular flexibility index (Phi) is 7.55. The van der Waals surface area contributed by atoms with Gasteiger partial charge in [-0.3, -0.25) is 4.79 Å². The molecule has 2 aromatic carbocycles. The van der Waals surface area contributed by atoms with E-state index in [1.807, 2.05) is 24.3 Å². The van der Waals surface area contributed by atoms with Gasteiger partial charge in [-0.05, 0) is 0 Å². The molecule has 0 aromatic heterocycles. The smallest absolute Gasteiger partial charge is 0.186 e. The number of carbonyl (C=O) groups excluding carboxylic acids is 1. The van der Waals surface area contributed by atoms with E-state index in [1.165, 1.54) is 27.8 Å². The fraction of sp³-hybridized carbons (Fsp3) is 0.353. The zero-order chi connectivity index (χ0) is 14.6. The molecule has 0 atom stereocenters. The van der Waals surface area contributed by atoms with Gasteiger partial charge in [-0.25, -0.2) is 0 Å². The van der Waals surface area contributed by atoms with Crippen molar-refractivity contribution in [2.24, 2.45) is 5.73 Å². The molecule has 0 heterocycles. The minimum absolute atomic E-state index is 0. The van der Waals surface area contributed by atoms with E-state index in [4.69, 9.17) is 5.73 Å². The van der Waals surface area contributed by atoms with Gasteiger partial charge in [-0.2, -0.15) is 27.8 Å². The summed E-state index contributed by atoms with van der Waals surface area (Å²) in [6.45, 7) is 11.0. The van der Waals surface area contributed by atoms with Crippen molar-refractivity contribution >= 4 is 5.91 Å². The average Bonchev–Trinajstić information content (AvgIpc) is 2.91. The number of hydrogen-bond acceptors (Lipinski definition) is 1. The van der Waals surface area contributed by atoms with Gasteiger partial charge in [-0.15, -0.1) is 6.42 Å². The molecule has 116 valence electrons. The van der Waals surface area contributed by atoms with Crippen LogP contribution in [0.5, 0.6) is 0 Å². The molecule has 0 fully saturated rings. The molecular formula is C17H23FeNO-6. The Balaban J connectivity index is 0.000000345. The summed E-state index contributed by atoms with van der Waals surface area (Å²) >= 11 is 0. The Hall–Kier alpha value is -1.31. The second kappa shape index (κ2) is 8.08. The number of rotatable bonds is 2. The molecule has 2 rings (SSSR count). The summed E-state index contributed by atoms with van der Waals surface area (Å²) in [5, 5.41) is 0. The largest absolute Gasteiger partial charge is 0.748 e. The van der Waals surface area contributed by atoms with Crippen molar-refractivity contribution in [1.82, 2.24) is 0 Å². The summed E-state index contributed by atoms with van der Waals surface area (Å²) in [6.07, 6.45) is 0.354. The van der Waals surface area contributed by atoms with Gasteiger partial charge in [0.15, 0.2) is 5.91 Å². The summed E-state index contributed by atoms with van der Waals surface area (Å²) in [4.78, 5) is 10.3. The van der Waals surface area contributed by atoms with Crippen molar-refractivity contribution in [2.75, 3.05) is 0 Å².